The van der Waals surface area contributed by atoms with Crippen LogP contribution in [0, 0.1) is 5.92 Å². The molecule has 3 aromatic rings. The molecule has 2 aliphatic carbocycles. The van der Waals surface area contributed by atoms with Crippen molar-refractivity contribution in [3.63, 3.8) is 0 Å². The minimum absolute atomic E-state index is 0.00915. The van der Waals surface area contributed by atoms with Gasteiger partial charge >= 0.3 is 6.09 Å². The fourth-order valence-corrected chi connectivity index (χ4v) is 6.17. The number of carboxylic acid groups (broad SMARTS) is 1. The van der Waals surface area contributed by atoms with Crippen LogP contribution in [0.25, 0.3) is 22.4 Å². The lowest BCUT2D eigenvalue weighted by atomic mass is 9.72. The zero-order valence-electron chi connectivity index (χ0n) is 22.8. The number of pyridine rings is 1. The van der Waals surface area contributed by atoms with E-state index in [4.69, 9.17) is 10.7 Å². The van der Waals surface area contributed by atoms with E-state index >= 15 is 0 Å². The maximum atomic E-state index is 12.4. The normalized spacial score (nSPS) is 21.7. The lowest BCUT2D eigenvalue weighted by Crippen LogP contribution is -2.48. The number of amides is 1. The van der Waals surface area contributed by atoms with Crippen molar-refractivity contribution in [1.82, 2.24) is 9.88 Å². The van der Waals surface area contributed by atoms with Gasteiger partial charge in [0.15, 0.2) is 0 Å². The Balaban J connectivity index is 1.41. The van der Waals surface area contributed by atoms with Gasteiger partial charge in [0, 0.05) is 29.8 Å². The molecule has 0 bridgehead atoms. The zero-order chi connectivity index (χ0) is 27.6. The number of aldehydes is 1. The van der Waals surface area contributed by atoms with Crippen LogP contribution in [0.2, 0.25) is 0 Å². The Morgan fingerprint density at radius 2 is 1.74 bits per heavy atom. The average molecular weight is 527 g/mol. The summed E-state index contributed by atoms with van der Waals surface area (Å²) in [7, 11) is 1.62. The number of hydrogen-bond acceptors (Lipinski definition) is 5. The summed E-state index contributed by atoms with van der Waals surface area (Å²) in [6, 6.07) is 20.7. The molecule has 1 atom stereocenters. The van der Waals surface area contributed by atoms with Crippen LogP contribution in [0.5, 0.6) is 0 Å². The quantitative estimate of drug-likeness (QED) is 0.298. The fraction of sp³-hybridized carbons (Fsp3) is 0.406. The van der Waals surface area contributed by atoms with Gasteiger partial charge in [-0.25, -0.2) is 4.79 Å². The molecule has 2 aromatic carbocycles. The summed E-state index contributed by atoms with van der Waals surface area (Å²) in [5.41, 5.74) is 11.4. The second-order valence-electron chi connectivity index (χ2n) is 11.5. The molecule has 2 saturated carbocycles. The third kappa shape index (κ3) is 5.41. The van der Waals surface area contributed by atoms with Crippen molar-refractivity contribution in [3.05, 3.63) is 72.4 Å². The number of nitrogens with two attached hydrogens (primary N) is 1. The first kappa shape index (κ1) is 26.9. The van der Waals surface area contributed by atoms with Crippen molar-refractivity contribution in [2.24, 2.45) is 11.7 Å². The Morgan fingerprint density at radius 1 is 1.08 bits per heavy atom. The number of carbonyl (C=O) groups excluding carboxylic acids is 1. The molecular weight excluding hydrogens is 488 g/mol. The Morgan fingerprint density at radius 3 is 2.31 bits per heavy atom. The van der Waals surface area contributed by atoms with Crippen LogP contribution in [-0.4, -0.2) is 46.0 Å². The van der Waals surface area contributed by atoms with Gasteiger partial charge in [0.25, 0.3) is 0 Å². The summed E-state index contributed by atoms with van der Waals surface area (Å²) in [6.45, 7) is 1.93. The molecule has 2 fully saturated rings. The van der Waals surface area contributed by atoms with Gasteiger partial charge in [-0.3, -0.25) is 4.98 Å². The van der Waals surface area contributed by atoms with Gasteiger partial charge in [0.1, 0.15) is 6.29 Å². The van der Waals surface area contributed by atoms with Crippen molar-refractivity contribution < 1.29 is 14.7 Å². The number of hydrogen-bond donors (Lipinski definition) is 3. The number of rotatable bonds is 8. The Hall–Kier alpha value is -3.71. The highest BCUT2D eigenvalue weighted by atomic mass is 16.4. The molecule has 7 nitrogen and oxygen atoms in total. The number of benzene rings is 2. The van der Waals surface area contributed by atoms with E-state index in [2.05, 4.69) is 47.8 Å². The van der Waals surface area contributed by atoms with Crippen molar-refractivity contribution in [2.45, 2.75) is 69.0 Å². The smallest absolute Gasteiger partial charge is 0.407 e. The van der Waals surface area contributed by atoms with Crippen molar-refractivity contribution >= 4 is 18.1 Å². The van der Waals surface area contributed by atoms with Crippen LogP contribution < -0.4 is 11.1 Å². The van der Waals surface area contributed by atoms with Gasteiger partial charge in [-0.1, -0.05) is 54.6 Å². The molecule has 7 heteroatoms. The van der Waals surface area contributed by atoms with Crippen LogP contribution >= 0.6 is 0 Å². The molecule has 1 amide bonds. The summed E-state index contributed by atoms with van der Waals surface area (Å²) >= 11 is 0. The molecule has 204 valence electrons. The molecule has 0 radical (unpaired) electrons. The molecule has 4 N–H and O–H groups in total. The Kier molecular flexibility index (Phi) is 7.45. The van der Waals surface area contributed by atoms with Gasteiger partial charge in [0.2, 0.25) is 0 Å². The first-order valence-corrected chi connectivity index (χ1v) is 13.9. The summed E-state index contributed by atoms with van der Waals surface area (Å²) in [4.78, 5) is 30.1. The number of carbonyl (C=O) groups is 2. The van der Waals surface area contributed by atoms with Crippen molar-refractivity contribution in [2.75, 3.05) is 12.4 Å². The lowest BCUT2D eigenvalue weighted by molar-refractivity contribution is -0.113. The molecule has 0 spiro atoms. The van der Waals surface area contributed by atoms with E-state index < -0.39 is 11.6 Å². The number of nitrogens with one attached hydrogen (secondary N) is 1. The summed E-state index contributed by atoms with van der Waals surface area (Å²) in [5, 5.41) is 12.8. The lowest BCUT2D eigenvalue weighted by Gasteiger charge is -2.40. The SMILES string of the molecule is CN(C(=O)O)[C@H]1CC[C@H](C(C)(C=O)Nc2cnc(-c3ccc(C4(N)CCC4)cc3)c(-c3ccccc3)c2)CC1. The maximum Gasteiger partial charge on any atom is 0.407 e. The zero-order valence-corrected chi connectivity index (χ0v) is 22.8. The largest absolute Gasteiger partial charge is 0.465 e. The van der Waals surface area contributed by atoms with Crippen LogP contribution in [-0.2, 0) is 10.3 Å². The van der Waals surface area contributed by atoms with E-state index in [1.165, 1.54) is 16.9 Å². The summed E-state index contributed by atoms with van der Waals surface area (Å²) in [5.74, 6) is 0.0935. The third-order valence-electron chi connectivity index (χ3n) is 9.00. The Labute approximate surface area is 230 Å². The highest BCUT2D eigenvalue weighted by molar-refractivity contribution is 5.83. The standard InChI is InChI=1S/C32H38N4O3/c1-31(21-37,24-13-15-27(16-14-24)36(2)30(38)39)35-26-19-28(22-7-4-3-5-8-22)29(34-20-26)23-9-11-25(12-10-23)32(33)17-6-18-32/h3-5,7-12,19-21,24,27,35H,6,13-18,33H2,1-2H3,(H,38,39)/t24-,27-,31?. The fourth-order valence-electron chi connectivity index (χ4n) is 6.17. The number of aromatic nitrogens is 1. The first-order valence-electron chi connectivity index (χ1n) is 13.9. The number of anilines is 1. The van der Waals surface area contributed by atoms with E-state index in [0.29, 0.717) is 0 Å². The maximum absolute atomic E-state index is 12.4. The molecule has 39 heavy (non-hydrogen) atoms. The Bertz CT molecular complexity index is 1320. The summed E-state index contributed by atoms with van der Waals surface area (Å²) < 4.78 is 0. The van der Waals surface area contributed by atoms with Crippen LogP contribution in [0.15, 0.2) is 66.9 Å². The molecule has 1 unspecified atom stereocenters. The van der Waals surface area contributed by atoms with E-state index in [-0.39, 0.29) is 17.5 Å². The molecule has 1 aromatic heterocycles. The summed E-state index contributed by atoms with van der Waals surface area (Å²) in [6.07, 6.45) is 8.14. The molecule has 0 aliphatic heterocycles. The molecular formula is C32H38N4O3. The van der Waals surface area contributed by atoms with Crippen molar-refractivity contribution in [3.8, 4) is 22.4 Å². The second-order valence-corrected chi connectivity index (χ2v) is 11.5. The molecule has 0 saturated heterocycles. The van der Waals surface area contributed by atoms with E-state index in [1.807, 2.05) is 25.1 Å². The predicted molar refractivity (Wildman–Crippen MR) is 154 cm³/mol. The van der Waals surface area contributed by atoms with Gasteiger partial charge < -0.3 is 25.9 Å². The number of nitrogens with zero attached hydrogens (tertiary/aromatic N) is 2. The second kappa shape index (κ2) is 10.8. The molecule has 5 rings (SSSR count). The average Bonchev–Trinajstić information content (AvgIpc) is 2.96. The topological polar surface area (TPSA) is 109 Å². The minimum atomic E-state index is -0.908. The van der Waals surface area contributed by atoms with Crippen LogP contribution in [0.3, 0.4) is 0 Å². The highest BCUT2D eigenvalue weighted by Gasteiger charge is 2.38. The predicted octanol–water partition coefficient (Wildman–Crippen LogP) is 6.29. The van der Waals surface area contributed by atoms with Crippen LogP contribution in [0.4, 0.5) is 10.5 Å². The van der Waals surface area contributed by atoms with Gasteiger partial charge in [0.05, 0.1) is 23.1 Å². The van der Waals surface area contributed by atoms with E-state index in [0.717, 1.165) is 72.9 Å². The third-order valence-corrected chi connectivity index (χ3v) is 9.00. The molecule has 1 heterocycles. The minimum Gasteiger partial charge on any atom is -0.465 e. The monoisotopic (exact) mass is 526 g/mol. The van der Waals surface area contributed by atoms with Crippen LogP contribution in [0.1, 0.15) is 57.4 Å². The highest BCUT2D eigenvalue weighted by Crippen LogP contribution is 2.41. The van der Waals surface area contributed by atoms with E-state index in [9.17, 15) is 14.7 Å². The first-order chi connectivity index (χ1) is 18.7. The van der Waals surface area contributed by atoms with Gasteiger partial charge in [-0.15, -0.1) is 0 Å². The molecule has 2 aliphatic rings. The van der Waals surface area contributed by atoms with Gasteiger partial charge in [-0.05, 0) is 75.0 Å². The van der Waals surface area contributed by atoms with Crippen molar-refractivity contribution in [1.29, 1.82) is 0 Å². The van der Waals surface area contributed by atoms with E-state index in [1.54, 1.807) is 13.2 Å². The van der Waals surface area contributed by atoms with Gasteiger partial charge in [-0.2, -0.15) is 0 Å².